The molecule has 0 aliphatic carbocycles. The molecular weight excluding hydrogens is 311 g/mol. The largest absolute Gasteiger partial charge is 0.493 e. The first-order valence-electron chi connectivity index (χ1n) is 5.60. The van der Waals surface area contributed by atoms with Crippen molar-refractivity contribution in [3.63, 3.8) is 0 Å². The molecule has 0 saturated carbocycles. The zero-order chi connectivity index (χ0) is 13.6. The fourth-order valence-electron chi connectivity index (χ4n) is 1.49. The molecule has 102 valence electrons. The number of halogens is 4. The lowest BCUT2D eigenvalue weighted by Gasteiger charge is -2.12. The Bertz CT molecular complexity index is 382. The molecule has 0 amide bonds. The van der Waals surface area contributed by atoms with Crippen LogP contribution in [0.3, 0.4) is 0 Å². The molecule has 1 rings (SSSR count). The van der Waals surface area contributed by atoms with E-state index in [4.69, 9.17) is 10.5 Å². The van der Waals surface area contributed by atoms with Crippen molar-refractivity contribution in [1.82, 2.24) is 0 Å². The molecule has 6 heteroatoms. The van der Waals surface area contributed by atoms with Crippen LogP contribution in [-0.2, 0) is 6.42 Å². The van der Waals surface area contributed by atoms with Gasteiger partial charge in [-0.25, -0.2) is 0 Å². The van der Waals surface area contributed by atoms with Crippen LogP contribution < -0.4 is 10.5 Å². The van der Waals surface area contributed by atoms with Crippen LogP contribution in [0.15, 0.2) is 22.7 Å². The molecule has 18 heavy (non-hydrogen) atoms. The van der Waals surface area contributed by atoms with Crippen LogP contribution in [0, 0.1) is 0 Å². The summed E-state index contributed by atoms with van der Waals surface area (Å²) in [5.74, 6) is 0.603. The van der Waals surface area contributed by atoms with Gasteiger partial charge in [0.1, 0.15) is 5.75 Å². The van der Waals surface area contributed by atoms with Gasteiger partial charge in [0.05, 0.1) is 6.61 Å². The highest BCUT2D eigenvalue weighted by Crippen LogP contribution is 2.25. The molecule has 1 aromatic carbocycles. The minimum atomic E-state index is -4.12. The third kappa shape index (κ3) is 5.73. The van der Waals surface area contributed by atoms with E-state index < -0.39 is 12.6 Å². The van der Waals surface area contributed by atoms with Gasteiger partial charge in [0.2, 0.25) is 0 Å². The van der Waals surface area contributed by atoms with Crippen molar-refractivity contribution >= 4 is 15.9 Å². The highest BCUT2D eigenvalue weighted by Gasteiger charge is 2.26. The summed E-state index contributed by atoms with van der Waals surface area (Å²) in [6.45, 7) is 0.522. The van der Waals surface area contributed by atoms with E-state index in [0.717, 1.165) is 10.0 Å². The van der Waals surface area contributed by atoms with Crippen LogP contribution in [0.2, 0.25) is 0 Å². The van der Waals surface area contributed by atoms with Crippen LogP contribution in [0.25, 0.3) is 0 Å². The number of hydrogen-bond acceptors (Lipinski definition) is 2. The summed E-state index contributed by atoms with van der Waals surface area (Å²) in [5.41, 5.74) is 6.37. The molecule has 0 radical (unpaired) electrons. The van der Waals surface area contributed by atoms with Crippen molar-refractivity contribution in [2.24, 2.45) is 5.73 Å². The summed E-state index contributed by atoms with van der Waals surface area (Å²) >= 11 is 3.33. The third-order valence-electron chi connectivity index (χ3n) is 2.30. The second-order valence-electron chi connectivity index (χ2n) is 3.86. The predicted molar refractivity (Wildman–Crippen MR) is 67.7 cm³/mol. The van der Waals surface area contributed by atoms with E-state index in [1.165, 1.54) is 0 Å². The van der Waals surface area contributed by atoms with Crippen molar-refractivity contribution in [2.45, 2.75) is 25.4 Å². The van der Waals surface area contributed by atoms with Gasteiger partial charge in [-0.15, -0.1) is 0 Å². The minimum absolute atomic E-state index is 0.0401. The number of alkyl halides is 3. The molecule has 0 fully saturated rings. The molecule has 2 nitrogen and oxygen atoms in total. The van der Waals surface area contributed by atoms with Crippen LogP contribution >= 0.6 is 15.9 Å². The van der Waals surface area contributed by atoms with Crippen molar-refractivity contribution in [1.29, 1.82) is 0 Å². The van der Waals surface area contributed by atoms with E-state index in [1.807, 2.05) is 6.07 Å². The van der Waals surface area contributed by atoms with E-state index in [0.29, 0.717) is 18.7 Å². The lowest BCUT2D eigenvalue weighted by Crippen LogP contribution is -2.10. The maximum Gasteiger partial charge on any atom is 0.389 e. The SMILES string of the molecule is NCCc1cc(Br)ccc1OCCCC(F)(F)F. The highest BCUT2D eigenvalue weighted by atomic mass is 79.9. The van der Waals surface area contributed by atoms with E-state index in [2.05, 4.69) is 15.9 Å². The zero-order valence-corrected chi connectivity index (χ0v) is 11.4. The van der Waals surface area contributed by atoms with Crippen LogP contribution in [-0.4, -0.2) is 19.3 Å². The molecule has 0 unspecified atom stereocenters. The average Bonchev–Trinajstić information content (AvgIpc) is 2.26. The standard InChI is InChI=1S/C12H15BrF3NO/c13-10-2-3-11(9(8-10)4-6-17)18-7-1-5-12(14,15)16/h2-3,8H,1,4-7,17H2. The van der Waals surface area contributed by atoms with Gasteiger partial charge >= 0.3 is 6.18 Å². The number of nitrogens with two attached hydrogens (primary N) is 1. The Kier molecular flexibility index (Phi) is 5.95. The second kappa shape index (κ2) is 6.99. The van der Waals surface area contributed by atoms with Gasteiger partial charge in [-0.1, -0.05) is 15.9 Å². The molecule has 0 saturated heterocycles. The fourth-order valence-corrected chi connectivity index (χ4v) is 1.90. The monoisotopic (exact) mass is 325 g/mol. The van der Waals surface area contributed by atoms with Gasteiger partial charge in [0.15, 0.2) is 0 Å². The smallest absolute Gasteiger partial charge is 0.389 e. The Morgan fingerprint density at radius 1 is 1.28 bits per heavy atom. The summed E-state index contributed by atoms with van der Waals surface area (Å²) in [4.78, 5) is 0. The predicted octanol–water partition coefficient (Wildman–Crippen LogP) is 3.67. The Balaban J connectivity index is 2.51. The third-order valence-corrected chi connectivity index (χ3v) is 2.79. The second-order valence-corrected chi connectivity index (χ2v) is 4.77. The first-order chi connectivity index (χ1) is 8.42. The number of rotatable bonds is 6. The van der Waals surface area contributed by atoms with Gasteiger partial charge in [-0.2, -0.15) is 13.2 Å². The zero-order valence-electron chi connectivity index (χ0n) is 9.77. The van der Waals surface area contributed by atoms with Gasteiger partial charge in [-0.05, 0) is 43.1 Å². The van der Waals surface area contributed by atoms with Gasteiger partial charge in [-0.3, -0.25) is 0 Å². The summed E-state index contributed by atoms with van der Waals surface area (Å²) in [6, 6.07) is 5.40. The van der Waals surface area contributed by atoms with Crippen molar-refractivity contribution in [3.05, 3.63) is 28.2 Å². The van der Waals surface area contributed by atoms with E-state index >= 15 is 0 Å². The van der Waals surface area contributed by atoms with Crippen molar-refractivity contribution < 1.29 is 17.9 Å². The molecule has 0 aromatic heterocycles. The normalized spacial score (nSPS) is 11.6. The summed E-state index contributed by atoms with van der Waals surface area (Å²) < 4.78 is 42.1. The fraction of sp³-hybridized carbons (Fsp3) is 0.500. The lowest BCUT2D eigenvalue weighted by molar-refractivity contribution is -0.136. The molecule has 0 spiro atoms. The lowest BCUT2D eigenvalue weighted by atomic mass is 10.1. The average molecular weight is 326 g/mol. The molecule has 0 bridgehead atoms. The Morgan fingerprint density at radius 2 is 2.00 bits per heavy atom. The van der Waals surface area contributed by atoms with E-state index in [-0.39, 0.29) is 13.0 Å². The van der Waals surface area contributed by atoms with Crippen LogP contribution in [0.1, 0.15) is 18.4 Å². The molecule has 0 aliphatic rings. The molecular formula is C12H15BrF3NO. The van der Waals surface area contributed by atoms with Gasteiger partial charge in [0, 0.05) is 10.9 Å². The Labute approximate surface area is 112 Å². The van der Waals surface area contributed by atoms with Gasteiger partial charge in [0.25, 0.3) is 0 Å². The maximum atomic E-state index is 12.0. The topological polar surface area (TPSA) is 35.2 Å². The highest BCUT2D eigenvalue weighted by molar-refractivity contribution is 9.10. The number of benzene rings is 1. The Morgan fingerprint density at radius 3 is 2.61 bits per heavy atom. The Hall–Kier alpha value is -0.750. The molecule has 2 N–H and O–H groups in total. The van der Waals surface area contributed by atoms with Crippen molar-refractivity contribution in [2.75, 3.05) is 13.2 Å². The van der Waals surface area contributed by atoms with Crippen molar-refractivity contribution in [3.8, 4) is 5.75 Å². The minimum Gasteiger partial charge on any atom is -0.493 e. The maximum absolute atomic E-state index is 12.0. The van der Waals surface area contributed by atoms with E-state index in [1.54, 1.807) is 12.1 Å². The summed E-state index contributed by atoms with van der Waals surface area (Å²) in [5, 5.41) is 0. The molecule has 0 atom stereocenters. The van der Waals surface area contributed by atoms with Crippen LogP contribution in [0.5, 0.6) is 5.75 Å². The van der Waals surface area contributed by atoms with E-state index in [9.17, 15) is 13.2 Å². The summed E-state index contributed by atoms with van der Waals surface area (Å²) in [7, 11) is 0. The van der Waals surface area contributed by atoms with Gasteiger partial charge < -0.3 is 10.5 Å². The van der Waals surface area contributed by atoms with Crippen LogP contribution in [0.4, 0.5) is 13.2 Å². The molecule has 0 aliphatic heterocycles. The molecule has 1 aromatic rings. The first-order valence-corrected chi connectivity index (χ1v) is 6.40. The summed E-state index contributed by atoms with van der Waals surface area (Å²) in [6.07, 6.45) is -4.35. The quantitative estimate of drug-likeness (QED) is 0.810. The number of hydrogen-bond donors (Lipinski definition) is 1. The number of ether oxygens (including phenoxy) is 1. The first kappa shape index (κ1) is 15.3. The molecule has 0 heterocycles.